The Kier molecular flexibility index (Phi) is 8.39. The maximum absolute atomic E-state index is 14.9. The third-order valence-corrected chi connectivity index (χ3v) is 15.2. The third-order valence-electron chi connectivity index (χ3n) is 14.3. The largest absolute Gasteiger partial charge is 0.497 e. The van der Waals surface area contributed by atoms with Crippen LogP contribution in [0.5, 0.6) is 5.75 Å². The summed E-state index contributed by atoms with van der Waals surface area (Å²) in [5.74, 6) is 0.917. The monoisotopic (exact) mass is 706 g/mol. The van der Waals surface area contributed by atoms with E-state index in [1.807, 2.05) is 65.6 Å². The molecule has 6 aliphatic rings. The number of urea groups is 1. The number of methoxy groups -OCH3 is 1. The van der Waals surface area contributed by atoms with E-state index in [2.05, 4.69) is 48.8 Å². The Morgan fingerprint density at radius 1 is 0.922 bits per heavy atom. The van der Waals surface area contributed by atoms with E-state index in [4.69, 9.17) is 4.74 Å². The number of thiophene rings is 1. The number of nitrogens with one attached hydrogen (secondary N) is 1. The van der Waals surface area contributed by atoms with E-state index in [-0.39, 0.29) is 35.6 Å². The average Bonchev–Trinajstić information content (AvgIpc) is 3.75. The topological polar surface area (TPSA) is 99.1 Å². The Balaban J connectivity index is 1.17. The number of allylic oxidation sites excluding steroid dienone is 4. The molecule has 1 aromatic heterocycles. The van der Waals surface area contributed by atoms with Crippen LogP contribution in [-0.4, -0.2) is 58.8 Å². The molecule has 2 aromatic carbocycles. The van der Waals surface area contributed by atoms with E-state index in [1.165, 1.54) is 4.88 Å². The Hall–Kier alpha value is -3.72. The standard InChI is InChI=1S/C43H50N2O5S/c1-39-19-15-31(46)26-41(39)22-23-43(34(27-41)37(47)29-11-13-32(50-3)14-12-29)35(39)16-20-40(2)36(43)17-21-42(40,49)28-45(24-18-33-10-7-25-51-33)38(48)44-30-8-5-4-6-9-30/h4-14,22-23,25,27,31,35-36,46,49H,15-21,24,26,28H2,1-3H3,(H,44,48). The highest BCUT2D eigenvalue weighted by atomic mass is 32.1. The van der Waals surface area contributed by atoms with Crippen LogP contribution in [0.4, 0.5) is 10.5 Å². The van der Waals surface area contributed by atoms with Gasteiger partial charge in [-0.3, -0.25) is 4.79 Å². The van der Waals surface area contributed by atoms with Crippen molar-refractivity contribution in [1.29, 1.82) is 0 Å². The van der Waals surface area contributed by atoms with E-state index in [0.29, 0.717) is 37.1 Å². The van der Waals surface area contributed by atoms with Crippen LogP contribution in [0.25, 0.3) is 0 Å². The molecule has 3 saturated carbocycles. The summed E-state index contributed by atoms with van der Waals surface area (Å²) in [7, 11) is 1.63. The first kappa shape index (κ1) is 34.4. The molecule has 3 fully saturated rings. The summed E-state index contributed by atoms with van der Waals surface area (Å²) in [6.45, 7) is 5.33. The van der Waals surface area contributed by atoms with Crippen molar-refractivity contribution in [1.82, 2.24) is 4.90 Å². The fraction of sp³-hybridized carbons (Fsp3) is 0.488. The Morgan fingerprint density at radius 2 is 1.65 bits per heavy atom. The van der Waals surface area contributed by atoms with Crippen LogP contribution in [0.1, 0.15) is 74.0 Å². The lowest BCUT2D eigenvalue weighted by atomic mass is 9.32. The highest BCUT2D eigenvalue weighted by molar-refractivity contribution is 7.09. The molecule has 268 valence electrons. The molecule has 3 N–H and O–H groups in total. The smallest absolute Gasteiger partial charge is 0.321 e. The number of benzene rings is 2. The van der Waals surface area contributed by atoms with Gasteiger partial charge in [-0.05, 0) is 116 Å². The van der Waals surface area contributed by atoms with Gasteiger partial charge < -0.3 is 25.2 Å². The first-order valence-electron chi connectivity index (χ1n) is 18.6. The number of carbonyl (C=O) groups excluding carboxylic acids is 2. The number of rotatable bonds is 9. The lowest BCUT2D eigenvalue weighted by molar-refractivity contribution is -0.174. The van der Waals surface area contributed by atoms with Gasteiger partial charge >= 0.3 is 6.03 Å². The second-order valence-corrected chi connectivity index (χ2v) is 17.4. The van der Waals surface area contributed by atoms with Crippen LogP contribution in [0, 0.1) is 33.5 Å². The highest BCUT2D eigenvalue weighted by Gasteiger charge is 2.74. The molecule has 0 aliphatic heterocycles. The molecule has 8 unspecified atom stereocenters. The van der Waals surface area contributed by atoms with Gasteiger partial charge in [0.25, 0.3) is 0 Å². The number of amides is 2. The minimum Gasteiger partial charge on any atom is -0.497 e. The van der Waals surface area contributed by atoms with E-state index >= 15 is 0 Å². The van der Waals surface area contributed by atoms with Crippen LogP contribution in [0.3, 0.4) is 0 Å². The van der Waals surface area contributed by atoms with Gasteiger partial charge in [-0.15, -0.1) is 11.3 Å². The molecule has 7 nitrogen and oxygen atoms in total. The van der Waals surface area contributed by atoms with Crippen LogP contribution in [0.15, 0.2) is 95.9 Å². The molecule has 6 aliphatic carbocycles. The molecule has 0 saturated heterocycles. The summed E-state index contributed by atoms with van der Waals surface area (Å²) in [6, 6.07) is 20.8. The molecule has 1 heterocycles. The molecular weight excluding hydrogens is 657 g/mol. The molecule has 2 amide bonds. The number of ether oxygens (including phenoxy) is 1. The van der Waals surface area contributed by atoms with E-state index in [9.17, 15) is 19.8 Å². The summed E-state index contributed by atoms with van der Waals surface area (Å²) in [5, 5.41) is 29.2. The Bertz CT molecular complexity index is 1860. The number of Topliss-reactive ketones (excluding diaryl/α,β-unsaturated/α-hetero) is 1. The molecule has 0 radical (unpaired) electrons. The number of ketones is 1. The van der Waals surface area contributed by atoms with Gasteiger partial charge in [-0.2, -0.15) is 0 Å². The number of aliphatic hydroxyl groups is 2. The minimum atomic E-state index is -1.15. The zero-order valence-corrected chi connectivity index (χ0v) is 30.8. The van der Waals surface area contributed by atoms with Crippen molar-refractivity contribution in [3.8, 4) is 5.75 Å². The summed E-state index contributed by atoms with van der Waals surface area (Å²) >= 11 is 1.68. The molecular formula is C43H50N2O5S. The predicted molar refractivity (Wildman–Crippen MR) is 201 cm³/mol. The number of nitrogens with zero attached hydrogens (tertiary/aromatic N) is 1. The van der Waals surface area contributed by atoms with Gasteiger partial charge in [0.2, 0.25) is 0 Å². The maximum atomic E-state index is 14.9. The molecule has 3 aromatic rings. The fourth-order valence-corrected chi connectivity index (χ4v) is 12.2. The first-order valence-corrected chi connectivity index (χ1v) is 19.5. The van der Waals surface area contributed by atoms with Crippen molar-refractivity contribution < 1.29 is 24.5 Å². The van der Waals surface area contributed by atoms with E-state index < -0.39 is 27.9 Å². The van der Waals surface area contributed by atoms with Crippen molar-refractivity contribution in [2.75, 3.05) is 25.5 Å². The normalized spacial score (nSPS) is 36.0. The summed E-state index contributed by atoms with van der Waals surface area (Å²) in [5.41, 5.74) is -0.614. The first-order chi connectivity index (χ1) is 24.5. The quantitative estimate of drug-likeness (QED) is 0.154. The molecule has 8 atom stereocenters. The highest BCUT2D eigenvalue weighted by Crippen LogP contribution is 2.78. The molecule has 9 rings (SSSR count). The van der Waals surface area contributed by atoms with Crippen molar-refractivity contribution in [2.45, 2.75) is 76.9 Å². The Labute approximate surface area is 305 Å². The third kappa shape index (κ3) is 5.19. The van der Waals surface area contributed by atoms with E-state index in [1.54, 1.807) is 18.4 Å². The second-order valence-electron chi connectivity index (χ2n) is 16.4. The molecule has 51 heavy (non-hydrogen) atoms. The van der Waals surface area contributed by atoms with Crippen LogP contribution in [-0.2, 0) is 6.42 Å². The zero-order chi connectivity index (χ0) is 35.6. The van der Waals surface area contributed by atoms with Gasteiger partial charge in [-0.1, -0.05) is 56.3 Å². The van der Waals surface area contributed by atoms with Crippen molar-refractivity contribution >= 4 is 28.8 Å². The van der Waals surface area contributed by atoms with Crippen LogP contribution in [0.2, 0.25) is 0 Å². The summed E-state index contributed by atoms with van der Waals surface area (Å²) in [4.78, 5) is 31.9. The van der Waals surface area contributed by atoms with Gasteiger partial charge in [0.1, 0.15) is 5.75 Å². The number of anilines is 1. The number of fused-ring (bicyclic) bond motifs is 1. The number of hydrogen-bond donors (Lipinski definition) is 3. The number of para-hydroxylation sites is 1. The van der Waals surface area contributed by atoms with Crippen molar-refractivity contribution in [2.24, 2.45) is 33.5 Å². The van der Waals surface area contributed by atoms with Crippen LogP contribution < -0.4 is 10.1 Å². The Morgan fingerprint density at radius 3 is 2.37 bits per heavy atom. The zero-order valence-electron chi connectivity index (χ0n) is 29.9. The van der Waals surface area contributed by atoms with Gasteiger partial charge in [0.15, 0.2) is 5.78 Å². The van der Waals surface area contributed by atoms with Crippen LogP contribution >= 0.6 is 11.3 Å². The number of aliphatic hydroxyl groups excluding tert-OH is 1. The minimum absolute atomic E-state index is 0.00301. The van der Waals surface area contributed by atoms with Crippen molar-refractivity contribution in [3.05, 3.63) is 106 Å². The lowest BCUT2D eigenvalue weighted by Gasteiger charge is -2.71. The summed E-state index contributed by atoms with van der Waals surface area (Å²) in [6.07, 6.45) is 12.5. The number of carbonyl (C=O) groups is 2. The second kappa shape index (κ2) is 12.5. The molecule has 2 spiro atoms. The van der Waals surface area contributed by atoms with Gasteiger partial charge in [0, 0.05) is 44.5 Å². The van der Waals surface area contributed by atoms with Crippen molar-refractivity contribution in [3.63, 3.8) is 0 Å². The predicted octanol–water partition coefficient (Wildman–Crippen LogP) is 8.31. The van der Waals surface area contributed by atoms with Gasteiger partial charge in [-0.25, -0.2) is 4.79 Å². The number of hydrogen-bond acceptors (Lipinski definition) is 6. The SMILES string of the molecule is COc1ccc(C(=O)C2=CC34C=CC25C(CCC2(C)C5CCC2(O)CN(CCc2cccs2)C(=O)Nc2ccccc2)C3(C)CCC(O)C4)cc1. The molecule has 2 bridgehead atoms. The average molecular weight is 707 g/mol. The molecule has 8 heteroatoms. The maximum Gasteiger partial charge on any atom is 0.321 e. The fourth-order valence-electron chi connectivity index (χ4n) is 11.5. The van der Waals surface area contributed by atoms with Gasteiger partial charge in [0.05, 0.1) is 25.4 Å². The van der Waals surface area contributed by atoms with E-state index in [0.717, 1.165) is 43.4 Å². The summed E-state index contributed by atoms with van der Waals surface area (Å²) < 4.78 is 5.41. The lowest BCUT2D eigenvalue weighted by Crippen LogP contribution is -2.67.